The Morgan fingerprint density at radius 2 is 1.93 bits per heavy atom. The lowest BCUT2D eigenvalue weighted by atomic mass is 10.0. The van der Waals surface area contributed by atoms with Crippen LogP contribution in [0.3, 0.4) is 0 Å². The number of carbonyl (C=O) groups is 2. The van der Waals surface area contributed by atoms with E-state index in [1.54, 1.807) is 44.0 Å². The molecule has 57 heavy (non-hydrogen) atoms. The van der Waals surface area contributed by atoms with Crippen molar-refractivity contribution in [1.29, 1.82) is 0 Å². The van der Waals surface area contributed by atoms with Crippen molar-refractivity contribution in [3.63, 3.8) is 0 Å². The molecular weight excluding hydrogens is 765 g/mol. The first-order valence-corrected chi connectivity index (χ1v) is 20.4. The van der Waals surface area contributed by atoms with Crippen LogP contribution in [0, 0.1) is 17.7 Å². The number of ether oxygens (including phenoxy) is 2. The standard InChI is InChI=1S/C42H47ClFN7O5Si/c1-42(2,3)56-41(54)51-24-30(52)21-27(51)14-15-34(53)50-19-16-28(23-50)48(4)39-32-22-45-37(31-12-5-9-26-10-6-13-33(43)35(26)31)36(44)38(32)46-40(47-39)55-25-29-11-7-17-49(29)18-8-20-57/h5-6,9-10,12-13,20,22,27-30,52H,7-8,11,16-19,21,23-25H2,1-4H3/t27-,28-,29+,30-/m1/s1. The van der Waals surface area contributed by atoms with Crippen LogP contribution in [-0.2, 0) is 9.53 Å². The highest BCUT2D eigenvalue weighted by molar-refractivity contribution is 6.36. The third-order valence-corrected chi connectivity index (χ3v) is 11.4. The number of aliphatic hydroxyl groups is 1. The number of carbonyl (C=O) groups excluding carboxylic acids is 2. The van der Waals surface area contributed by atoms with Gasteiger partial charge in [0, 0.05) is 77.2 Å². The van der Waals surface area contributed by atoms with Crippen LogP contribution < -0.4 is 9.64 Å². The summed E-state index contributed by atoms with van der Waals surface area (Å²) in [6.07, 6.45) is 4.00. The Labute approximate surface area is 340 Å². The van der Waals surface area contributed by atoms with E-state index in [0.29, 0.717) is 53.3 Å². The number of halogens is 2. The summed E-state index contributed by atoms with van der Waals surface area (Å²) >= 11 is 6.65. The van der Waals surface area contributed by atoms with Crippen molar-refractivity contribution >= 4 is 66.6 Å². The van der Waals surface area contributed by atoms with Gasteiger partial charge >= 0.3 is 12.1 Å². The molecule has 2 radical (unpaired) electrons. The van der Waals surface area contributed by atoms with Crippen LogP contribution in [0.15, 0.2) is 42.6 Å². The smallest absolute Gasteiger partial charge is 0.411 e. The summed E-state index contributed by atoms with van der Waals surface area (Å²) in [7, 11) is 5.32. The summed E-state index contributed by atoms with van der Waals surface area (Å²) in [6, 6.07) is 10.5. The molecule has 3 fully saturated rings. The number of anilines is 1. The van der Waals surface area contributed by atoms with E-state index >= 15 is 4.39 Å². The zero-order valence-electron chi connectivity index (χ0n) is 32.7. The number of β-amino-alcohol motifs (C(OH)–C–C–N with tert-alkyl or cyclic N) is 1. The fourth-order valence-electron chi connectivity index (χ4n) is 7.93. The van der Waals surface area contributed by atoms with Gasteiger partial charge in [-0.1, -0.05) is 47.9 Å². The molecule has 3 saturated heterocycles. The Kier molecular flexibility index (Phi) is 12.1. The van der Waals surface area contributed by atoms with Crippen molar-refractivity contribution in [2.45, 2.75) is 82.7 Å². The zero-order valence-corrected chi connectivity index (χ0v) is 34.4. The third kappa shape index (κ3) is 8.92. The number of likely N-dealkylation sites (N-methyl/N-ethyl adjacent to an activating group) is 1. The predicted molar refractivity (Wildman–Crippen MR) is 220 cm³/mol. The van der Waals surface area contributed by atoms with Crippen LogP contribution in [0.1, 0.15) is 52.9 Å². The monoisotopic (exact) mass is 811 g/mol. The lowest BCUT2D eigenvalue weighted by Gasteiger charge is -2.27. The molecule has 5 heterocycles. The van der Waals surface area contributed by atoms with Crippen LogP contribution in [0.2, 0.25) is 5.02 Å². The number of hydrogen-bond acceptors (Lipinski definition) is 10. The van der Waals surface area contributed by atoms with Gasteiger partial charge in [-0.25, -0.2) is 9.18 Å². The van der Waals surface area contributed by atoms with Crippen molar-refractivity contribution in [2.24, 2.45) is 0 Å². The summed E-state index contributed by atoms with van der Waals surface area (Å²) in [6.45, 7) is 8.37. The Morgan fingerprint density at radius 3 is 2.70 bits per heavy atom. The number of rotatable bonds is 9. The average Bonchev–Trinajstić information content (AvgIpc) is 3.94. The molecule has 12 nitrogen and oxygen atoms in total. The molecule has 2 amide bonds. The molecule has 4 aromatic rings. The summed E-state index contributed by atoms with van der Waals surface area (Å²) in [4.78, 5) is 47.7. The van der Waals surface area contributed by atoms with Crippen LogP contribution in [0.5, 0.6) is 6.01 Å². The first kappa shape index (κ1) is 40.5. The number of benzene rings is 2. The second kappa shape index (κ2) is 17.0. The van der Waals surface area contributed by atoms with E-state index in [9.17, 15) is 14.7 Å². The molecule has 0 spiro atoms. The highest BCUT2D eigenvalue weighted by Gasteiger charge is 2.37. The van der Waals surface area contributed by atoms with Crippen molar-refractivity contribution < 1.29 is 28.6 Å². The van der Waals surface area contributed by atoms with E-state index in [2.05, 4.69) is 36.6 Å². The fourth-order valence-corrected chi connectivity index (χ4v) is 8.34. The SMILES string of the molecule is CN(c1nc(OC[C@@H]2CCCN2CCC=[Si])nc2c(F)c(-c3cccc4cccc(Cl)c34)ncc12)[C@@H]1CCN(C(=O)C#C[C@@H]2C[C@@H](O)CN2C(=O)OC(C)(C)C)C1. The number of hydrogen-bond donors (Lipinski definition) is 1. The molecule has 0 saturated carbocycles. The minimum Gasteiger partial charge on any atom is -0.462 e. The van der Waals surface area contributed by atoms with Gasteiger partial charge in [0.2, 0.25) is 0 Å². The van der Waals surface area contributed by atoms with Gasteiger partial charge in [-0.3, -0.25) is 19.6 Å². The number of nitrogens with zero attached hydrogens (tertiary/aromatic N) is 7. The number of pyridine rings is 1. The van der Waals surface area contributed by atoms with E-state index in [4.69, 9.17) is 26.1 Å². The molecule has 4 atom stereocenters. The van der Waals surface area contributed by atoms with Crippen LogP contribution in [0.25, 0.3) is 32.9 Å². The Balaban J connectivity index is 1.16. The van der Waals surface area contributed by atoms with E-state index in [0.717, 1.165) is 37.7 Å². The van der Waals surface area contributed by atoms with Crippen LogP contribution in [0.4, 0.5) is 15.0 Å². The number of likely N-dealkylation sites (tertiary alicyclic amines) is 3. The topological polar surface area (TPSA) is 124 Å². The maximum atomic E-state index is 16.9. The lowest BCUT2D eigenvalue weighted by molar-refractivity contribution is -0.124. The van der Waals surface area contributed by atoms with Crippen molar-refractivity contribution in [2.75, 3.05) is 51.3 Å². The van der Waals surface area contributed by atoms with Gasteiger partial charge in [0.25, 0.3) is 5.91 Å². The normalized spacial score (nSPS) is 21.2. The number of aromatic nitrogens is 3. The molecule has 2 aromatic heterocycles. The Hall–Kier alpha value is -4.68. The fraction of sp³-hybridized carbons (Fsp3) is 0.476. The minimum atomic E-state index is -0.761. The van der Waals surface area contributed by atoms with E-state index in [1.807, 2.05) is 41.9 Å². The summed E-state index contributed by atoms with van der Waals surface area (Å²) in [5.74, 6) is 5.04. The number of aliphatic hydroxyl groups excluding tert-OH is 1. The van der Waals surface area contributed by atoms with E-state index in [-0.39, 0.29) is 42.3 Å². The molecule has 2 aromatic carbocycles. The van der Waals surface area contributed by atoms with Crippen molar-refractivity contribution in [1.82, 2.24) is 29.7 Å². The molecule has 15 heteroatoms. The molecule has 0 bridgehead atoms. The largest absolute Gasteiger partial charge is 0.462 e. The van der Waals surface area contributed by atoms with Crippen LogP contribution >= 0.6 is 11.6 Å². The highest BCUT2D eigenvalue weighted by Crippen LogP contribution is 2.38. The summed E-state index contributed by atoms with van der Waals surface area (Å²) in [5.41, 5.74) is 1.98. The van der Waals surface area contributed by atoms with Gasteiger partial charge in [-0.05, 0) is 70.4 Å². The summed E-state index contributed by atoms with van der Waals surface area (Å²) < 4.78 is 28.7. The second-order valence-electron chi connectivity index (χ2n) is 15.9. The van der Waals surface area contributed by atoms with E-state index < -0.39 is 35.6 Å². The quantitative estimate of drug-likeness (QED) is 0.177. The highest BCUT2D eigenvalue weighted by atomic mass is 35.5. The van der Waals surface area contributed by atoms with Gasteiger partial charge in [0.15, 0.2) is 5.82 Å². The number of fused-ring (bicyclic) bond motifs is 2. The van der Waals surface area contributed by atoms with Gasteiger partial charge in [0.1, 0.15) is 29.2 Å². The predicted octanol–water partition coefficient (Wildman–Crippen LogP) is 5.25. The Morgan fingerprint density at radius 1 is 1.14 bits per heavy atom. The summed E-state index contributed by atoms with van der Waals surface area (Å²) in [5, 5.41) is 12.7. The average molecular weight is 812 g/mol. The minimum absolute atomic E-state index is 0.0555. The first-order chi connectivity index (χ1) is 27.3. The molecule has 298 valence electrons. The molecule has 0 aliphatic carbocycles. The van der Waals surface area contributed by atoms with Crippen molar-refractivity contribution in [3.8, 4) is 29.1 Å². The molecule has 3 aliphatic rings. The number of amides is 2. The molecule has 7 rings (SSSR count). The van der Waals surface area contributed by atoms with Gasteiger partial charge in [-0.2, -0.15) is 9.97 Å². The zero-order chi connectivity index (χ0) is 40.4. The van der Waals surface area contributed by atoms with Gasteiger partial charge in [0.05, 0.1) is 24.1 Å². The van der Waals surface area contributed by atoms with Gasteiger partial charge < -0.3 is 24.4 Å². The molecule has 1 N–H and O–H groups in total. The van der Waals surface area contributed by atoms with Crippen LogP contribution in [-0.4, -0.2) is 138 Å². The third-order valence-electron chi connectivity index (χ3n) is 10.8. The maximum absolute atomic E-state index is 16.9. The molecular formula is C42H47ClFN7O5Si. The molecule has 3 aliphatic heterocycles. The van der Waals surface area contributed by atoms with E-state index in [1.165, 1.54) is 4.90 Å². The lowest BCUT2D eigenvalue weighted by Crippen LogP contribution is -2.40. The Bertz CT molecular complexity index is 2240. The molecule has 0 unspecified atom stereocenters. The van der Waals surface area contributed by atoms with Gasteiger partial charge in [-0.15, -0.1) is 5.67 Å². The van der Waals surface area contributed by atoms with Crippen molar-refractivity contribution in [3.05, 3.63) is 53.4 Å². The maximum Gasteiger partial charge on any atom is 0.411 e. The first-order valence-electron chi connectivity index (χ1n) is 19.4. The second-order valence-corrected chi connectivity index (χ2v) is 16.7.